The Hall–Kier alpha value is -1.97. The molecule has 1 aromatic rings. The molecule has 0 N–H and O–H groups in total. The summed E-state index contributed by atoms with van der Waals surface area (Å²) >= 11 is 0. The Morgan fingerprint density at radius 1 is 1.20 bits per heavy atom. The Balaban J connectivity index is 3.08. The number of hydrogen-bond acceptors (Lipinski definition) is 4. The predicted octanol–water partition coefficient (Wildman–Crippen LogP) is 2.58. The fourth-order valence-corrected chi connectivity index (χ4v) is 2.02. The third-order valence-electron chi connectivity index (χ3n) is 3.23. The maximum Gasteiger partial charge on any atom is 0.317 e. The van der Waals surface area contributed by atoms with Gasteiger partial charge in [-0.2, -0.15) is 0 Å². The van der Waals surface area contributed by atoms with Crippen LogP contribution in [0.3, 0.4) is 0 Å². The summed E-state index contributed by atoms with van der Waals surface area (Å²) < 4.78 is 4.94. The average molecular weight is 276 g/mol. The maximum absolute atomic E-state index is 12.5. The highest BCUT2D eigenvalue weighted by atomic mass is 16.5. The third-order valence-corrected chi connectivity index (χ3v) is 3.23. The van der Waals surface area contributed by atoms with Gasteiger partial charge in [0.2, 0.25) is 0 Å². The first-order valence-corrected chi connectivity index (χ1v) is 6.77. The van der Waals surface area contributed by atoms with Crippen LogP contribution in [-0.2, 0) is 14.3 Å². The van der Waals surface area contributed by atoms with Crippen molar-refractivity contribution in [1.29, 1.82) is 0 Å². The van der Waals surface area contributed by atoms with Gasteiger partial charge in [0, 0.05) is 11.5 Å². The molecule has 0 heterocycles. The summed E-state index contributed by atoms with van der Waals surface area (Å²) in [5, 5.41) is 0. The van der Waals surface area contributed by atoms with Crippen LogP contribution in [0.25, 0.3) is 0 Å². The molecule has 0 spiro atoms. The molecule has 0 bridgehead atoms. The smallest absolute Gasteiger partial charge is 0.317 e. The molecular formula is C16H20O4. The molecule has 0 fully saturated rings. The summed E-state index contributed by atoms with van der Waals surface area (Å²) in [4.78, 5) is 35.6. The average Bonchev–Trinajstić information content (AvgIpc) is 2.44. The van der Waals surface area contributed by atoms with E-state index in [1.165, 1.54) is 0 Å². The number of carbonyl (C=O) groups excluding carboxylic acids is 3. The Morgan fingerprint density at radius 3 is 2.25 bits per heavy atom. The zero-order valence-corrected chi connectivity index (χ0v) is 12.1. The van der Waals surface area contributed by atoms with Crippen molar-refractivity contribution in [3.63, 3.8) is 0 Å². The molecule has 0 saturated carbocycles. The number of Topliss-reactive ketones (excluding diaryl/α,β-unsaturated/α-hetero) is 1. The molecule has 0 saturated heterocycles. The number of aryl methyl sites for hydroxylation is 1. The molecule has 1 rings (SSSR count). The van der Waals surface area contributed by atoms with Crippen LogP contribution < -0.4 is 0 Å². The molecule has 0 aromatic heterocycles. The van der Waals surface area contributed by atoms with Gasteiger partial charge in [-0.15, -0.1) is 0 Å². The summed E-state index contributed by atoms with van der Waals surface area (Å²) in [5.41, 5.74) is 1.45. The predicted molar refractivity (Wildman–Crippen MR) is 75.5 cm³/mol. The summed E-state index contributed by atoms with van der Waals surface area (Å²) in [5.74, 6) is -2.69. The van der Waals surface area contributed by atoms with Gasteiger partial charge in [0.25, 0.3) is 0 Å². The molecular weight excluding hydrogens is 256 g/mol. The van der Waals surface area contributed by atoms with Crippen molar-refractivity contribution in [3.05, 3.63) is 35.4 Å². The van der Waals surface area contributed by atoms with Gasteiger partial charge >= 0.3 is 5.97 Å². The number of rotatable bonds is 7. The van der Waals surface area contributed by atoms with E-state index in [0.29, 0.717) is 18.3 Å². The first-order chi connectivity index (χ1) is 9.54. The van der Waals surface area contributed by atoms with Crippen molar-refractivity contribution in [2.45, 2.75) is 27.2 Å². The van der Waals surface area contributed by atoms with Crippen molar-refractivity contribution in [1.82, 2.24) is 0 Å². The third kappa shape index (κ3) is 3.76. The molecule has 0 amide bonds. The molecule has 4 heteroatoms. The van der Waals surface area contributed by atoms with Crippen LogP contribution in [0.4, 0.5) is 0 Å². The Kier molecular flexibility index (Phi) is 6.10. The zero-order valence-electron chi connectivity index (χ0n) is 12.1. The van der Waals surface area contributed by atoms with Crippen LogP contribution in [0.1, 0.15) is 36.2 Å². The minimum atomic E-state index is -1.06. The molecule has 108 valence electrons. The first kappa shape index (κ1) is 16.1. The lowest BCUT2D eigenvalue weighted by Crippen LogP contribution is -2.33. The van der Waals surface area contributed by atoms with Gasteiger partial charge in [-0.25, -0.2) is 0 Å². The maximum atomic E-state index is 12.5. The number of benzene rings is 1. The van der Waals surface area contributed by atoms with Gasteiger partial charge in [-0.3, -0.25) is 9.59 Å². The second-order valence-electron chi connectivity index (χ2n) is 4.67. The Bertz CT molecular complexity index is 476. The number of carbonyl (C=O) groups is 3. The Morgan fingerprint density at radius 2 is 1.80 bits per heavy atom. The van der Waals surface area contributed by atoms with E-state index in [9.17, 15) is 14.4 Å². The van der Waals surface area contributed by atoms with E-state index in [-0.39, 0.29) is 12.4 Å². The van der Waals surface area contributed by atoms with E-state index in [4.69, 9.17) is 4.74 Å². The van der Waals surface area contributed by atoms with E-state index in [0.717, 1.165) is 5.56 Å². The Labute approximate surface area is 119 Å². The number of hydrogen-bond donors (Lipinski definition) is 0. The molecule has 0 aliphatic carbocycles. The second kappa shape index (κ2) is 7.58. The summed E-state index contributed by atoms with van der Waals surface area (Å²) in [6.45, 7) is 5.55. The van der Waals surface area contributed by atoms with Crippen LogP contribution >= 0.6 is 0 Å². The summed E-state index contributed by atoms with van der Waals surface area (Å²) in [6.07, 6.45) is 1.08. The van der Waals surface area contributed by atoms with Gasteiger partial charge < -0.3 is 9.53 Å². The molecule has 2 atom stereocenters. The van der Waals surface area contributed by atoms with Crippen LogP contribution in [0.5, 0.6) is 0 Å². The standard InChI is InChI=1S/C16H20O4/c1-4-12(10-17)14(16(19)20-5-2)15(18)13-8-6-11(3)7-9-13/h6-10,12,14H,4-5H2,1-3H3. The number of aldehydes is 1. The topological polar surface area (TPSA) is 60.4 Å². The van der Waals surface area contributed by atoms with E-state index >= 15 is 0 Å². The van der Waals surface area contributed by atoms with Crippen LogP contribution in [0, 0.1) is 18.8 Å². The van der Waals surface area contributed by atoms with Crippen molar-refractivity contribution >= 4 is 18.0 Å². The van der Waals surface area contributed by atoms with Crippen molar-refractivity contribution < 1.29 is 19.1 Å². The van der Waals surface area contributed by atoms with E-state index < -0.39 is 17.8 Å². The van der Waals surface area contributed by atoms with Crippen molar-refractivity contribution in [3.8, 4) is 0 Å². The molecule has 1 aromatic carbocycles. The molecule has 0 aliphatic rings. The summed E-state index contributed by atoms with van der Waals surface area (Å²) in [7, 11) is 0. The quantitative estimate of drug-likeness (QED) is 0.332. The highest BCUT2D eigenvalue weighted by molar-refractivity contribution is 6.10. The van der Waals surface area contributed by atoms with E-state index in [1.54, 1.807) is 38.1 Å². The first-order valence-electron chi connectivity index (χ1n) is 6.77. The van der Waals surface area contributed by atoms with Gasteiger partial charge in [0.15, 0.2) is 5.78 Å². The van der Waals surface area contributed by atoms with Crippen LogP contribution in [0.2, 0.25) is 0 Å². The number of esters is 1. The molecule has 4 nitrogen and oxygen atoms in total. The molecule has 0 aliphatic heterocycles. The van der Waals surface area contributed by atoms with E-state index in [1.807, 2.05) is 6.92 Å². The van der Waals surface area contributed by atoms with Gasteiger partial charge in [0.05, 0.1) is 6.61 Å². The number of ketones is 1. The summed E-state index contributed by atoms with van der Waals surface area (Å²) in [6, 6.07) is 6.94. The van der Waals surface area contributed by atoms with Gasteiger partial charge in [-0.05, 0) is 20.3 Å². The minimum Gasteiger partial charge on any atom is -0.465 e. The minimum absolute atomic E-state index is 0.186. The fourth-order valence-electron chi connectivity index (χ4n) is 2.02. The molecule has 0 radical (unpaired) electrons. The lowest BCUT2D eigenvalue weighted by atomic mass is 9.84. The monoisotopic (exact) mass is 276 g/mol. The number of ether oxygens (including phenoxy) is 1. The van der Waals surface area contributed by atoms with E-state index in [2.05, 4.69) is 0 Å². The largest absolute Gasteiger partial charge is 0.465 e. The normalized spacial score (nSPS) is 13.3. The fraction of sp³-hybridized carbons (Fsp3) is 0.438. The van der Waals surface area contributed by atoms with Gasteiger partial charge in [-0.1, -0.05) is 36.8 Å². The van der Waals surface area contributed by atoms with Crippen molar-refractivity contribution in [2.75, 3.05) is 6.61 Å². The van der Waals surface area contributed by atoms with Crippen molar-refractivity contribution in [2.24, 2.45) is 11.8 Å². The lowest BCUT2D eigenvalue weighted by Gasteiger charge is -2.19. The molecule has 20 heavy (non-hydrogen) atoms. The zero-order chi connectivity index (χ0) is 15.1. The van der Waals surface area contributed by atoms with Crippen LogP contribution in [-0.4, -0.2) is 24.6 Å². The highest BCUT2D eigenvalue weighted by Gasteiger charge is 2.35. The highest BCUT2D eigenvalue weighted by Crippen LogP contribution is 2.21. The van der Waals surface area contributed by atoms with Gasteiger partial charge in [0.1, 0.15) is 12.2 Å². The lowest BCUT2D eigenvalue weighted by molar-refractivity contribution is -0.148. The SMILES string of the molecule is CCOC(=O)C(C(=O)c1ccc(C)cc1)C(C=O)CC. The molecule has 2 unspecified atom stereocenters. The van der Waals surface area contributed by atoms with Crippen LogP contribution in [0.15, 0.2) is 24.3 Å². The second-order valence-corrected chi connectivity index (χ2v) is 4.67.